The Morgan fingerprint density at radius 3 is 2.60 bits per heavy atom. The van der Waals surface area contributed by atoms with Crippen molar-refractivity contribution in [2.75, 3.05) is 42.2 Å². The smallest absolute Gasteiger partial charge is 0.268 e. The number of hydrogen-bond donors (Lipinski definition) is 0. The van der Waals surface area contributed by atoms with E-state index in [1.165, 1.54) is 14.3 Å². The standard InChI is InChI=1S/C17H19N5OS2/c1-20-16(23)9-12(11-18-20)21-5-7-22(8-6-21)17-19-14-4-3-13(24-2)10-15(14)25-17/h3-4,9-11H,5-8H2,1-2H3. The lowest BCUT2D eigenvalue weighted by Crippen LogP contribution is -2.46. The van der Waals surface area contributed by atoms with Crippen molar-refractivity contribution in [1.29, 1.82) is 0 Å². The molecule has 130 valence electrons. The van der Waals surface area contributed by atoms with E-state index in [0.717, 1.165) is 42.5 Å². The van der Waals surface area contributed by atoms with Crippen LogP contribution >= 0.6 is 23.1 Å². The van der Waals surface area contributed by atoms with Gasteiger partial charge >= 0.3 is 0 Å². The van der Waals surface area contributed by atoms with Gasteiger partial charge in [-0.3, -0.25) is 4.79 Å². The fraction of sp³-hybridized carbons (Fsp3) is 0.353. The molecule has 8 heteroatoms. The molecule has 0 amide bonds. The van der Waals surface area contributed by atoms with Gasteiger partial charge in [0.05, 0.1) is 22.1 Å². The van der Waals surface area contributed by atoms with Gasteiger partial charge < -0.3 is 9.80 Å². The SMILES string of the molecule is CSc1ccc2nc(N3CCN(c4cnn(C)c(=O)c4)CC3)sc2c1. The number of aryl methyl sites for hydroxylation is 1. The Hall–Kier alpha value is -2.06. The first-order chi connectivity index (χ1) is 12.1. The molecule has 25 heavy (non-hydrogen) atoms. The van der Waals surface area contributed by atoms with E-state index in [9.17, 15) is 4.79 Å². The van der Waals surface area contributed by atoms with E-state index in [2.05, 4.69) is 39.4 Å². The Bertz CT molecular complexity index is 959. The number of benzene rings is 1. The van der Waals surface area contributed by atoms with Crippen LogP contribution in [-0.2, 0) is 7.05 Å². The van der Waals surface area contributed by atoms with E-state index in [1.54, 1.807) is 42.4 Å². The van der Waals surface area contributed by atoms with Crippen molar-refractivity contribution in [2.45, 2.75) is 4.90 Å². The number of piperazine rings is 1. The lowest BCUT2D eigenvalue weighted by Gasteiger charge is -2.35. The van der Waals surface area contributed by atoms with E-state index in [4.69, 9.17) is 4.98 Å². The summed E-state index contributed by atoms with van der Waals surface area (Å²) in [7, 11) is 1.67. The van der Waals surface area contributed by atoms with Gasteiger partial charge in [0.2, 0.25) is 0 Å². The second-order valence-corrected chi connectivity index (χ2v) is 7.87. The van der Waals surface area contributed by atoms with Crippen LogP contribution in [0.1, 0.15) is 0 Å². The molecule has 0 atom stereocenters. The first kappa shape index (κ1) is 16.4. The third kappa shape index (κ3) is 3.23. The summed E-state index contributed by atoms with van der Waals surface area (Å²) in [6, 6.07) is 8.09. The summed E-state index contributed by atoms with van der Waals surface area (Å²) >= 11 is 3.51. The number of fused-ring (bicyclic) bond motifs is 1. The highest BCUT2D eigenvalue weighted by Crippen LogP contribution is 2.32. The summed E-state index contributed by atoms with van der Waals surface area (Å²) in [5.74, 6) is 0. The minimum absolute atomic E-state index is 0.0734. The van der Waals surface area contributed by atoms with Crippen LogP contribution in [-0.4, -0.2) is 47.2 Å². The van der Waals surface area contributed by atoms with E-state index >= 15 is 0 Å². The zero-order valence-electron chi connectivity index (χ0n) is 14.2. The van der Waals surface area contributed by atoms with Crippen molar-refractivity contribution in [3.63, 3.8) is 0 Å². The van der Waals surface area contributed by atoms with E-state index in [1.807, 2.05) is 0 Å². The van der Waals surface area contributed by atoms with Crippen LogP contribution in [0.4, 0.5) is 10.8 Å². The largest absolute Gasteiger partial charge is 0.367 e. The van der Waals surface area contributed by atoms with Crippen molar-refractivity contribution in [3.05, 3.63) is 40.8 Å². The van der Waals surface area contributed by atoms with Gasteiger partial charge in [-0.25, -0.2) is 9.67 Å². The molecule has 1 saturated heterocycles. The van der Waals surface area contributed by atoms with E-state index < -0.39 is 0 Å². The van der Waals surface area contributed by atoms with Crippen LogP contribution in [0.15, 0.2) is 40.2 Å². The zero-order chi connectivity index (χ0) is 17.4. The maximum absolute atomic E-state index is 11.8. The molecular weight excluding hydrogens is 354 g/mol. The molecule has 1 aliphatic rings. The molecule has 3 heterocycles. The van der Waals surface area contributed by atoms with Gasteiger partial charge in [-0.05, 0) is 24.5 Å². The Kier molecular flexibility index (Phi) is 4.39. The molecular formula is C17H19N5OS2. The Morgan fingerprint density at radius 2 is 1.88 bits per heavy atom. The molecule has 0 aliphatic carbocycles. The number of nitrogens with zero attached hydrogens (tertiary/aromatic N) is 5. The van der Waals surface area contributed by atoms with Gasteiger partial charge in [-0.15, -0.1) is 11.8 Å². The molecule has 0 bridgehead atoms. The van der Waals surface area contributed by atoms with Crippen LogP contribution < -0.4 is 15.4 Å². The van der Waals surface area contributed by atoms with E-state index in [-0.39, 0.29) is 5.56 Å². The molecule has 1 aliphatic heterocycles. The predicted octanol–water partition coefficient (Wildman–Crippen LogP) is 2.44. The molecule has 0 radical (unpaired) electrons. The van der Waals surface area contributed by atoms with Gasteiger partial charge in [0.1, 0.15) is 0 Å². The number of hydrogen-bond acceptors (Lipinski definition) is 7. The maximum Gasteiger partial charge on any atom is 0.268 e. The molecule has 0 spiro atoms. The monoisotopic (exact) mass is 373 g/mol. The van der Waals surface area contributed by atoms with Crippen LogP contribution in [0.2, 0.25) is 0 Å². The minimum Gasteiger partial charge on any atom is -0.367 e. The van der Waals surface area contributed by atoms with Gasteiger partial charge in [0.15, 0.2) is 5.13 Å². The molecule has 2 aromatic heterocycles. The van der Waals surface area contributed by atoms with Crippen LogP contribution in [0.5, 0.6) is 0 Å². The number of thioether (sulfide) groups is 1. The lowest BCUT2D eigenvalue weighted by atomic mass is 10.3. The summed E-state index contributed by atoms with van der Waals surface area (Å²) in [5.41, 5.74) is 1.89. The number of aromatic nitrogens is 3. The second kappa shape index (κ2) is 6.68. The van der Waals surface area contributed by atoms with E-state index in [0.29, 0.717) is 0 Å². The molecule has 1 aromatic carbocycles. The third-order valence-electron chi connectivity index (χ3n) is 4.45. The molecule has 4 rings (SSSR count). The molecule has 1 fully saturated rings. The predicted molar refractivity (Wildman–Crippen MR) is 105 cm³/mol. The summed E-state index contributed by atoms with van der Waals surface area (Å²) in [6.07, 6.45) is 3.85. The third-order valence-corrected chi connectivity index (χ3v) is 6.26. The Labute approximate surface area is 154 Å². The minimum atomic E-state index is -0.0734. The van der Waals surface area contributed by atoms with Gasteiger partial charge in [0, 0.05) is 44.2 Å². The highest BCUT2D eigenvalue weighted by molar-refractivity contribution is 7.98. The zero-order valence-corrected chi connectivity index (χ0v) is 15.8. The van der Waals surface area contributed by atoms with Gasteiger partial charge in [0.25, 0.3) is 5.56 Å². The normalized spacial score (nSPS) is 15.1. The fourth-order valence-corrected chi connectivity index (χ4v) is 4.51. The topological polar surface area (TPSA) is 54.3 Å². The second-order valence-electron chi connectivity index (χ2n) is 5.98. The van der Waals surface area contributed by atoms with Crippen LogP contribution in [0.3, 0.4) is 0 Å². The first-order valence-electron chi connectivity index (χ1n) is 8.12. The Morgan fingerprint density at radius 1 is 1.12 bits per heavy atom. The number of anilines is 2. The van der Waals surface area contributed by atoms with Crippen molar-refractivity contribution in [3.8, 4) is 0 Å². The molecule has 3 aromatic rings. The summed E-state index contributed by atoms with van der Waals surface area (Å²) < 4.78 is 2.59. The molecule has 0 saturated carbocycles. The number of rotatable bonds is 3. The lowest BCUT2D eigenvalue weighted by molar-refractivity contribution is 0.642. The fourth-order valence-electron chi connectivity index (χ4n) is 2.94. The molecule has 6 nitrogen and oxygen atoms in total. The van der Waals surface area contributed by atoms with Crippen molar-refractivity contribution in [2.24, 2.45) is 7.05 Å². The van der Waals surface area contributed by atoms with Crippen molar-refractivity contribution < 1.29 is 0 Å². The Balaban J connectivity index is 1.49. The number of thiazole rings is 1. The molecule has 0 unspecified atom stereocenters. The first-order valence-corrected chi connectivity index (χ1v) is 10.2. The van der Waals surface area contributed by atoms with Crippen LogP contribution in [0.25, 0.3) is 10.2 Å². The quantitative estimate of drug-likeness (QED) is 0.658. The average molecular weight is 374 g/mol. The average Bonchev–Trinajstić information content (AvgIpc) is 3.07. The summed E-state index contributed by atoms with van der Waals surface area (Å²) in [6.45, 7) is 3.51. The van der Waals surface area contributed by atoms with Crippen LogP contribution in [0, 0.1) is 0 Å². The summed E-state index contributed by atoms with van der Waals surface area (Å²) in [5, 5.41) is 5.19. The summed E-state index contributed by atoms with van der Waals surface area (Å²) in [4.78, 5) is 22.4. The highest BCUT2D eigenvalue weighted by atomic mass is 32.2. The van der Waals surface area contributed by atoms with Crippen molar-refractivity contribution in [1.82, 2.24) is 14.8 Å². The van der Waals surface area contributed by atoms with Crippen molar-refractivity contribution >= 4 is 44.1 Å². The molecule has 0 N–H and O–H groups in total. The van der Waals surface area contributed by atoms with Gasteiger partial charge in [-0.2, -0.15) is 5.10 Å². The highest BCUT2D eigenvalue weighted by Gasteiger charge is 2.20. The van der Waals surface area contributed by atoms with Gasteiger partial charge in [-0.1, -0.05) is 11.3 Å². The maximum atomic E-state index is 11.8.